The number of H-pyrrole nitrogens is 1. The van der Waals surface area contributed by atoms with Gasteiger partial charge in [-0.05, 0) is 58.8 Å². The molecule has 0 aliphatic heterocycles. The summed E-state index contributed by atoms with van der Waals surface area (Å²) in [5, 5.41) is 7.13. The summed E-state index contributed by atoms with van der Waals surface area (Å²) in [7, 11) is 0. The first-order chi connectivity index (χ1) is 9.74. The molecule has 0 aromatic carbocycles. The number of halogens is 1. The molecule has 0 amide bonds. The Morgan fingerprint density at radius 3 is 2.90 bits per heavy atom. The first-order valence-electron chi connectivity index (χ1n) is 6.05. The Bertz CT molecular complexity index is 760. The van der Waals surface area contributed by atoms with Crippen molar-refractivity contribution in [3.63, 3.8) is 0 Å². The van der Waals surface area contributed by atoms with Crippen LogP contribution in [0.15, 0.2) is 40.3 Å². The summed E-state index contributed by atoms with van der Waals surface area (Å²) < 4.78 is 3.76. The highest BCUT2D eigenvalue weighted by Crippen LogP contribution is 2.23. The number of aromatic nitrogens is 4. The van der Waals surface area contributed by atoms with Crippen LogP contribution in [0.3, 0.4) is 0 Å². The zero-order chi connectivity index (χ0) is 13.9. The van der Waals surface area contributed by atoms with Crippen LogP contribution in [0, 0.1) is 4.77 Å². The summed E-state index contributed by atoms with van der Waals surface area (Å²) >= 11 is 10.5. The van der Waals surface area contributed by atoms with Gasteiger partial charge in [-0.15, -0.1) is 11.3 Å². The van der Waals surface area contributed by atoms with Crippen molar-refractivity contribution in [2.45, 2.75) is 13.0 Å². The van der Waals surface area contributed by atoms with Crippen LogP contribution in [0.25, 0.3) is 11.5 Å². The van der Waals surface area contributed by atoms with Crippen LogP contribution < -0.4 is 0 Å². The van der Waals surface area contributed by atoms with Crippen molar-refractivity contribution in [2.75, 3.05) is 0 Å². The van der Waals surface area contributed by atoms with E-state index >= 15 is 0 Å². The molecule has 7 heteroatoms. The Labute approximate surface area is 133 Å². The Morgan fingerprint density at radius 1 is 1.30 bits per heavy atom. The average Bonchev–Trinajstić information content (AvgIpc) is 3.04. The summed E-state index contributed by atoms with van der Waals surface area (Å²) in [5.41, 5.74) is 0.826. The molecule has 3 aromatic rings. The molecule has 102 valence electrons. The minimum atomic E-state index is 0.626. The lowest BCUT2D eigenvalue weighted by Crippen LogP contribution is -2.03. The monoisotopic (exact) mass is 366 g/mol. The minimum absolute atomic E-state index is 0.626. The molecular weight excluding hydrogens is 356 g/mol. The van der Waals surface area contributed by atoms with E-state index in [4.69, 9.17) is 12.2 Å². The first-order valence-corrected chi connectivity index (χ1v) is 8.06. The second-order valence-corrected chi connectivity index (χ2v) is 7.11. The lowest BCUT2D eigenvalue weighted by Gasteiger charge is -2.05. The van der Waals surface area contributed by atoms with Gasteiger partial charge in [-0.2, -0.15) is 5.10 Å². The predicted molar refractivity (Wildman–Crippen MR) is 86.4 cm³/mol. The number of pyridine rings is 1. The fourth-order valence-corrected chi connectivity index (χ4v) is 3.62. The molecule has 0 spiro atoms. The number of rotatable bonds is 4. The molecule has 0 bridgehead atoms. The van der Waals surface area contributed by atoms with Crippen LogP contribution in [-0.2, 0) is 13.0 Å². The average molecular weight is 367 g/mol. The lowest BCUT2D eigenvalue weighted by molar-refractivity contribution is 0.696. The lowest BCUT2D eigenvalue weighted by atomic mass is 10.3. The number of aromatic amines is 1. The van der Waals surface area contributed by atoms with E-state index in [0.717, 1.165) is 28.3 Å². The van der Waals surface area contributed by atoms with E-state index in [1.54, 1.807) is 17.5 Å². The molecule has 0 saturated heterocycles. The molecule has 3 heterocycles. The molecule has 0 radical (unpaired) electrons. The van der Waals surface area contributed by atoms with Gasteiger partial charge in [0.1, 0.15) is 5.69 Å². The van der Waals surface area contributed by atoms with Crippen molar-refractivity contribution in [1.29, 1.82) is 0 Å². The molecule has 3 rings (SSSR count). The van der Waals surface area contributed by atoms with E-state index in [1.165, 1.54) is 4.88 Å². The van der Waals surface area contributed by atoms with Crippen LogP contribution in [0.1, 0.15) is 4.88 Å². The van der Waals surface area contributed by atoms with E-state index in [1.807, 2.05) is 22.8 Å². The van der Waals surface area contributed by atoms with Crippen LogP contribution >= 0.6 is 39.5 Å². The molecule has 1 N–H and O–H groups in total. The molecule has 0 atom stereocenters. The van der Waals surface area contributed by atoms with Crippen LogP contribution in [0.5, 0.6) is 0 Å². The highest BCUT2D eigenvalue weighted by molar-refractivity contribution is 9.11. The summed E-state index contributed by atoms with van der Waals surface area (Å²) in [6, 6.07) is 9.95. The van der Waals surface area contributed by atoms with E-state index in [0.29, 0.717) is 4.77 Å². The maximum atomic E-state index is 5.30. The minimum Gasteiger partial charge on any atom is -0.298 e. The fourth-order valence-electron chi connectivity index (χ4n) is 1.92. The number of nitrogens with zero attached hydrogens (tertiary/aromatic N) is 3. The molecular formula is C13H11BrN4S2. The molecule has 0 unspecified atom stereocenters. The van der Waals surface area contributed by atoms with Crippen LogP contribution in [0.4, 0.5) is 0 Å². The number of hydrogen-bond donors (Lipinski definition) is 1. The van der Waals surface area contributed by atoms with E-state index in [9.17, 15) is 0 Å². The third-order valence-corrected chi connectivity index (χ3v) is 4.86. The van der Waals surface area contributed by atoms with Gasteiger partial charge in [0.2, 0.25) is 0 Å². The molecule has 20 heavy (non-hydrogen) atoms. The van der Waals surface area contributed by atoms with Gasteiger partial charge in [0.05, 0.1) is 3.79 Å². The molecule has 0 fully saturated rings. The van der Waals surface area contributed by atoms with Crippen molar-refractivity contribution in [3.05, 3.63) is 50.0 Å². The van der Waals surface area contributed by atoms with Gasteiger partial charge in [0, 0.05) is 17.6 Å². The fraction of sp³-hybridized carbons (Fsp3) is 0.154. The van der Waals surface area contributed by atoms with Crippen molar-refractivity contribution >= 4 is 39.5 Å². The normalized spacial score (nSPS) is 10.8. The summed E-state index contributed by atoms with van der Waals surface area (Å²) in [4.78, 5) is 5.64. The quantitative estimate of drug-likeness (QED) is 0.707. The van der Waals surface area contributed by atoms with Crippen molar-refractivity contribution in [2.24, 2.45) is 0 Å². The van der Waals surface area contributed by atoms with E-state index in [2.05, 4.69) is 43.2 Å². The summed E-state index contributed by atoms with van der Waals surface area (Å²) in [6.07, 6.45) is 2.68. The Morgan fingerprint density at radius 2 is 2.20 bits per heavy atom. The smallest absolute Gasteiger partial charge is 0.195 e. The van der Waals surface area contributed by atoms with Gasteiger partial charge in [0.25, 0.3) is 0 Å². The largest absolute Gasteiger partial charge is 0.298 e. The first kappa shape index (κ1) is 13.7. The van der Waals surface area contributed by atoms with Gasteiger partial charge >= 0.3 is 0 Å². The zero-order valence-electron chi connectivity index (χ0n) is 10.4. The van der Waals surface area contributed by atoms with Gasteiger partial charge < -0.3 is 0 Å². The maximum Gasteiger partial charge on any atom is 0.195 e. The topological polar surface area (TPSA) is 46.5 Å². The van der Waals surface area contributed by atoms with Gasteiger partial charge in [-0.25, -0.2) is 0 Å². The molecule has 0 aliphatic carbocycles. The number of nitrogens with one attached hydrogen (secondary N) is 1. The van der Waals surface area contributed by atoms with Gasteiger partial charge in [-0.3, -0.25) is 14.6 Å². The standard InChI is InChI=1S/C13H11BrN4S2/c14-11-5-4-9(20-11)6-8-18-12(16-17-13(18)19)10-3-1-2-7-15-10/h1-5,7H,6,8H2,(H,17,19). The zero-order valence-corrected chi connectivity index (χ0v) is 13.6. The summed E-state index contributed by atoms with van der Waals surface area (Å²) in [6.45, 7) is 0.786. The highest BCUT2D eigenvalue weighted by Gasteiger charge is 2.10. The Hall–Kier alpha value is -1.31. The SMILES string of the molecule is S=c1[nH]nc(-c2ccccn2)n1CCc1ccc(Br)s1. The maximum absolute atomic E-state index is 5.30. The van der Waals surface area contributed by atoms with Crippen LogP contribution in [0.2, 0.25) is 0 Å². The van der Waals surface area contributed by atoms with Crippen molar-refractivity contribution in [3.8, 4) is 11.5 Å². The summed E-state index contributed by atoms with van der Waals surface area (Å²) in [5.74, 6) is 0.784. The van der Waals surface area contributed by atoms with Gasteiger partial charge in [-0.1, -0.05) is 6.07 Å². The highest BCUT2D eigenvalue weighted by atomic mass is 79.9. The second-order valence-electron chi connectivity index (χ2n) is 4.17. The third-order valence-electron chi connectivity index (χ3n) is 2.86. The molecule has 0 aliphatic rings. The van der Waals surface area contributed by atoms with E-state index < -0.39 is 0 Å². The third kappa shape index (κ3) is 2.89. The Kier molecular flexibility index (Phi) is 4.09. The second kappa shape index (κ2) is 5.99. The molecule has 4 nitrogen and oxygen atoms in total. The van der Waals surface area contributed by atoms with Crippen molar-refractivity contribution in [1.82, 2.24) is 19.7 Å². The Balaban J connectivity index is 1.86. The molecule has 0 saturated carbocycles. The predicted octanol–water partition coefficient (Wildman–Crippen LogP) is 4.07. The number of aryl methyl sites for hydroxylation is 1. The molecule has 3 aromatic heterocycles. The van der Waals surface area contributed by atoms with E-state index in [-0.39, 0.29) is 0 Å². The number of hydrogen-bond acceptors (Lipinski definition) is 4. The van der Waals surface area contributed by atoms with Gasteiger partial charge in [0.15, 0.2) is 10.6 Å². The number of thiophene rings is 1. The van der Waals surface area contributed by atoms with Crippen molar-refractivity contribution < 1.29 is 0 Å². The van der Waals surface area contributed by atoms with Crippen LogP contribution in [-0.4, -0.2) is 19.7 Å².